The van der Waals surface area contributed by atoms with E-state index in [4.69, 9.17) is 20.4 Å². The van der Waals surface area contributed by atoms with Crippen LogP contribution in [0.2, 0.25) is 0 Å². The third kappa shape index (κ3) is 1.00. The number of aliphatic hydroxyl groups excluding tert-OH is 2. The number of rotatable bonds is 1. The Balaban J connectivity index is 2.98. The predicted octanol–water partition coefficient (Wildman–Crippen LogP) is -2.66. The number of esters is 1. The van der Waals surface area contributed by atoms with Crippen molar-refractivity contribution >= 4 is 5.97 Å². The molecule has 6 nitrogen and oxygen atoms in total. The molecule has 0 radical (unpaired) electrons. The molecule has 2 atom stereocenters. The Labute approximate surface area is 68.0 Å². The molecule has 0 aromatic rings. The highest BCUT2D eigenvalue weighted by molar-refractivity contribution is 5.81. The topological polar surface area (TPSA) is 107 Å². The first-order valence-electron chi connectivity index (χ1n) is 3.31. The maximum atomic E-state index is 10.7. The minimum absolute atomic E-state index is 0.678. The van der Waals surface area contributed by atoms with Gasteiger partial charge < -0.3 is 25.2 Å². The first kappa shape index (κ1) is 9.40. The van der Waals surface area contributed by atoms with Crippen LogP contribution in [0.5, 0.6) is 0 Å². The summed E-state index contributed by atoms with van der Waals surface area (Å²) in [4.78, 5) is 10.7. The molecule has 0 aromatic carbocycles. The third-order valence-corrected chi connectivity index (χ3v) is 1.90. The summed E-state index contributed by atoms with van der Waals surface area (Å²) in [6.07, 6.45) is -1.84. The lowest BCUT2D eigenvalue weighted by molar-refractivity contribution is -0.213. The van der Waals surface area contributed by atoms with Crippen molar-refractivity contribution in [3.8, 4) is 0 Å². The minimum atomic E-state index is -2.92. The van der Waals surface area contributed by atoms with Gasteiger partial charge in [0, 0.05) is 0 Å². The van der Waals surface area contributed by atoms with Gasteiger partial charge in [0.25, 0.3) is 5.79 Å². The van der Waals surface area contributed by atoms with Crippen LogP contribution in [-0.4, -0.2) is 50.5 Å². The first-order valence-corrected chi connectivity index (χ1v) is 3.31. The third-order valence-electron chi connectivity index (χ3n) is 1.90. The van der Waals surface area contributed by atoms with Crippen LogP contribution >= 0.6 is 0 Å². The Hall–Kier alpha value is -0.690. The average Bonchev–Trinajstić information content (AvgIpc) is 2.14. The van der Waals surface area contributed by atoms with Crippen molar-refractivity contribution < 1.29 is 30.0 Å². The summed E-state index contributed by atoms with van der Waals surface area (Å²) in [5, 5.41) is 35.7. The van der Waals surface area contributed by atoms with E-state index in [1.165, 1.54) is 6.92 Å². The summed E-state index contributed by atoms with van der Waals surface area (Å²) in [5.74, 6) is -4.27. The molecule has 0 aromatic heterocycles. The number of carbonyl (C=O) groups is 1. The largest absolute Gasteiger partial charge is 0.450 e. The van der Waals surface area contributed by atoms with Gasteiger partial charge in [-0.15, -0.1) is 0 Å². The summed E-state index contributed by atoms with van der Waals surface area (Å²) in [6.45, 7) is 0.520. The van der Waals surface area contributed by atoms with E-state index in [1.807, 2.05) is 0 Å². The molecule has 0 unspecified atom stereocenters. The molecule has 0 spiro atoms. The molecule has 12 heavy (non-hydrogen) atoms. The van der Waals surface area contributed by atoms with E-state index in [1.54, 1.807) is 0 Å². The second kappa shape index (κ2) is 2.40. The van der Waals surface area contributed by atoms with E-state index in [0.29, 0.717) is 0 Å². The Bertz CT molecular complexity index is 212. The Morgan fingerprint density at radius 2 is 2.08 bits per heavy atom. The second-order valence-electron chi connectivity index (χ2n) is 2.99. The smallest absolute Gasteiger partial charge is 0.370 e. The molecule has 1 fully saturated rings. The Kier molecular flexibility index (Phi) is 1.88. The number of cyclic esters (lactones) is 1. The molecule has 6 heteroatoms. The van der Waals surface area contributed by atoms with Crippen LogP contribution in [0.4, 0.5) is 0 Å². The minimum Gasteiger partial charge on any atom is -0.450 e. The van der Waals surface area contributed by atoms with Crippen LogP contribution in [0.3, 0.4) is 0 Å². The van der Waals surface area contributed by atoms with Crippen molar-refractivity contribution in [2.45, 2.75) is 24.4 Å². The predicted molar refractivity (Wildman–Crippen MR) is 34.8 cm³/mol. The standard InChI is InChI=1S/C6H10O6/c1-5(2-7)3(8)6(10,11)4(9)12-5/h3,7-8,10-11H,2H2,1H3/t3-,5-/m1/s1. The van der Waals surface area contributed by atoms with Gasteiger partial charge in [0.1, 0.15) is 0 Å². The molecule has 1 heterocycles. The van der Waals surface area contributed by atoms with E-state index in [2.05, 4.69) is 4.74 Å². The van der Waals surface area contributed by atoms with Gasteiger partial charge in [-0.1, -0.05) is 0 Å². The van der Waals surface area contributed by atoms with Crippen LogP contribution in [-0.2, 0) is 9.53 Å². The Morgan fingerprint density at radius 1 is 1.58 bits per heavy atom. The number of hydrogen-bond donors (Lipinski definition) is 4. The number of ether oxygens (including phenoxy) is 1. The molecule has 0 amide bonds. The number of hydrogen-bond acceptors (Lipinski definition) is 6. The molecule has 70 valence electrons. The van der Waals surface area contributed by atoms with Gasteiger partial charge in [-0.2, -0.15) is 0 Å². The van der Waals surface area contributed by atoms with Gasteiger partial charge in [-0.3, -0.25) is 0 Å². The van der Waals surface area contributed by atoms with Crippen LogP contribution in [0.15, 0.2) is 0 Å². The van der Waals surface area contributed by atoms with Gasteiger partial charge in [0.2, 0.25) is 0 Å². The molecule has 1 saturated heterocycles. The zero-order chi connectivity index (χ0) is 9.57. The summed E-state index contributed by atoms with van der Waals surface area (Å²) in [5.41, 5.74) is -1.64. The van der Waals surface area contributed by atoms with E-state index in [-0.39, 0.29) is 0 Å². The van der Waals surface area contributed by atoms with Gasteiger partial charge in [0.05, 0.1) is 6.61 Å². The normalized spacial score (nSPS) is 39.8. The van der Waals surface area contributed by atoms with Crippen molar-refractivity contribution in [2.24, 2.45) is 0 Å². The van der Waals surface area contributed by atoms with Crippen molar-refractivity contribution in [2.75, 3.05) is 6.61 Å². The Morgan fingerprint density at radius 3 is 2.25 bits per heavy atom. The molecular weight excluding hydrogens is 168 g/mol. The fourth-order valence-electron chi connectivity index (χ4n) is 0.999. The average molecular weight is 178 g/mol. The lowest BCUT2D eigenvalue weighted by atomic mass is 9.97. The summed E-state index contributed by atoms with van der Waals surface area (Å²) >= 11 is 0. The summed E-state index contributed by atoms with van der Waals surface area (Å²) < 4.78 is 4.39. The van der Waals surface area contributed by atoms with Crippen molar-refractivity contribution in [3.63, 3.8) is 0 Å². The monoisotopic (exact) mass is 178 g/mol. The molecule has 0 aliphatic carbocycles. The highest BCUT2D eigenvalue weighted by atomic mass is 16.7. The molecule has 0 saturated carbocycles. The van der Waals surface area contributed by atoms with E-state index >= 15 is 0 Å². The first-order chi connectivity index (χ1) is 5.34. The van der Waals surface area contributed by atoms with Crippen LogP contribution < -0.4 is 0 Å². The summed E-state index contributed by atoms with van der Waals surface area (Å²) in [7, 11) is 0. The maximum Gasteiger partial charge on any atom is 0.370 e. The van der Waals surface area contributed by atoms with E-state index < -0.39 is 30.1 Å². The van der Waals surface area contributed by atoms with Crippen LogP contribution in [0.25, 0.3) is 0 Å². The lowest BCUT2D eigenvalue weighted by Crippen LogP contribution is -2.51. The maximum absolute atomic E-state index is 10.7. The molecule has 1 aliphatic rings. The van der Waals surface area contributed by atoms with Crippen LogP contribution in [0, 0.1) is 0 Å². The number of carbonyl (C=O) groups excluding carboxylic acids is 1. The van der Waals surface area contributed by atoms with Crippen molar-refractivity contribution in [3.05, 3.63) is 0 Å². The molecule has 1 rings (SSSR count). The fourth-order valence-corrected chi connectivity index (χ4v) is 0.999. The molecule has 4 N–H and O–H groups in total. The molecule has 1 aliphatic heterocycles. The van der Waals surface area contributed by atoms with E-state index in [0.717, 1.165) is 0 Å². The SMILES string of the molecule is C[C@]1(CO)OC(=O)C(O)(O)[C@@H]1O. The molecule has 0 bridgehead atoms. The van der Waals surface area contributed by atoms with E-state index in [9.17, 15) is 4.79 Å². The lowest BCUT2D eigenvalue weighted by Gasteiger charge is -2.24. The van der Waals surface area contributed by atoms with Crippen molar-refractivity contribution in [1.29, 1.82) is 0 Å². The van der Waals surface area contributed by atoms with Gasteiger partial charge in [-0.25, -0.2) is 4.79 Å². The van der Waals surface area contributed by atoms with Gasteiger partial charge >= 0.3 is 5.97 Å². The van der Waals surface area contributed by atoms with Gasteiger partial charge in [-0.05, 0) is 6.92 Å². The zero-order valence-electron chi connectivity index (χ0n) is 6.39. The van der Waals surface area contributed by atoms with Crippen LogP contribution in [0.1, 0.15) is 6.92 Å². The number of aliphatic hydroxyl groups is 4. The quantitative estimate of drug-likeness (QED) is 0.258. The highest BCUT2D eigenvalue weighted by Gasteiger charge is 2.61. The summed E-state index contributed by atoms with van der Waals surface area (Å²) in [6, 6.07) is 0. The highest BCUT2D eigenvalue weighted by Crippen LogP contribution is 2.32. The van der Waals surface area contributed by atoms with Crippen molar-refractivity contribution in [1.82, 2.24) is 0 Å². The zero-order valence-corrected chi connectivity index (χ0v) is 6.39. The second-order valence-corrected chi connectivity index (χ2v) is 2.99. The molecular formula is C6H10O6. The fraction of sp³-hybridized carbons (Fsp3) is 0.833. The van der Waals surface area contributed by atoms with Gasteiger partial charge in [0.15, 0.2) is 11.7 Å².